The second-order valence-corrected chi connectivity index (χ2v) is 11.5. The zero-order valence-electron chi connectivity index (χ0n) is 24.6. The maximum atomic E-state index is 12.4. The van der Waals surface area contributed by atoms with Crippen molar-refractivity contribution in [3.63, 3.8) is 0 Å². The number of nitrogens with one attached hydrogen (secondary N) is 1. The number of anilines is 2. The smallest absolute Gasteiger partial charge is 0.489 e. The average molecular weight is 629 g/mol. The Kier molecular flexibility index (Phi) is 8.97. The van der Waals surface area contributed by atoms with Crippen molar-refractivity contribution in [3.8, 4) is 22.8 Å². The van der Waals surface area contributed by atoms with E-state index in [1.807, 2.05) is 18.2 Å². The number of nitrogens with two attached hydrogens (primary N) is 1. The summed E-state index contributed by atoms with van der Waals surface area (Å²) < 4.78 is 53.0. The number of fused-ring (bicyclic) bond motifs is 3. The van der Waals surface area contributed by atoms with Crippen molar-refractivity contribution >= 4 is 17.7 Å². The Bertz CT molecular complexity index is 1510. The highest BCUT2D eigenvalue weighted by atomic mass is 19.4. The summed E-state index contributed by atoms with van der Waals surface area (Å²) >= 11 is 0. The average Bonchev–Trinajstić information content (AvgIpc) is 3.00. The molecule has 0 bridgehead atoms. The lowest BCUT2D eigenvalue weighted by atomic mass is 9.82. The van der Waals surface area contributed by atoms with Gasteiger partial charge in [0, 0.05) is 49.8 Å². The first-order valence-electron chi connectivity index (χ1n) is 14.9. The monoisotopic (exact) mass is 628 g/mol. The van der Waals surface area contributed by atoms with Crippen molar-refractivity contribution in [1.82, 2.24) is 20.3 Å². The molecule has 1 aliphatic heterocycles. The number of piperazine rings is 1. The number of hydroxylamine groups is 1. The summed E-state index contributed by atoms with van der Waals surface area (Å²) in [7, 11) is 0. The normalized spacial score (nSPS) is 19.7. The first kappa shape index (κ1) is 30.9. The second-order valence-electron chi connectivity index (χ2n) is 11.5. The number of hydrogen-bond acceptors (Lipinski definition) is 10. The number of aromatic nitrogens is 2. The number of benzene rings is 2. The predicted molar refractivity (Wildman–Crippen MR) is 158 cm³/mol. The molecule has 3 aromatic rings. The van der Waals surface area contributed by atoms with Crippen molar-refractivity contribution in [2.24, 2.45) is 5.92 Å². The van der Waals surface area contributed by atoms with Crippen LogP contribution in [0.15, 0.2) is 42.5 Å². The minimum atomic E-state index is -4.73. The molecule has 4 N–H and O–H groups in total. The van der Waals surface area contributed by atoms with Gasteiger partial charge >= 0.3 is 6.36 Å². The van der Waals surface area contributed by atoms with E-state index < -0.39 is 6.36 Å². The van der Waals surface area contributed by atoms with E-state index in [0.29, 0.717) is 30.8 Å². The number of nitrogens with zero attached hydrogens (tertiary/aromatic N) is 4. The van der Waals surface area contributed by atoms with Crippen LogP contribution in [0, 0.1) is 5.92 Å². The molecule has 0 radical (unpaired) electrons. The van der Waals surface area contributed by atoms with Gasteiger partial charge in [0.25, 0.3) is 0 Å². The Hall–Kier alpha value is -4.14. The standard InChI is InChI=1S/C31H35F3N6O5/c32-31(33,34)45-22-4-1-19(2-5-22)18-44-23-6-8-25-20(15-23)3-7-26-27(25)36-30(35)37-28(26)40-11-9-39(10-12-40)13-14-43-24-16-21(17-24)29(41)38-42/h1-2,4-6,8,15,21,24,42H,3,7,9-14,16-18H2,(H,38,41)(H2,35,36,37). The van der Waals surface area contributed by atoms with E-state index in [1.54, 1.807) is 5.48 Å². The molecule has 2 aliphatic carbocycles. The molecule has 0 unspecified atom stereocenters. The Morgan fingerprint density at radius 1 is 1.02 bits per heavy atom. The molecular formula is C31H35F3N6O5. The number of ether oxygens (including phenoxy) is 3. The summed E-state index contributed by atoms with van der Waals surface area (Å²) in [5.74, 6) is 0.969. The molecule has 11 nitrogen and oxygen atoms in total. The number of carbonyl (C=O) groups excluding carboxylic acids is 1. The van der Waals surface area contributed by atoms with Crippen molar-refractivity contribution in [1.29, 1.82) is 0 Å². The van der Waals surface area contributed by atoms with Crippen LogP contribution < -0.4 is 25.6 Å². The van der Waals surface area contributed by atoms with Gasteiger partial charge in [-0.25, -0.2) is 10.5 Å². The first-order valence-corrected chi connectivity index (χ1v) is 14.9. The van der Waals surface area contributed by atoms with Crippen LogP contribution in [0.2, 0.25) is 0 Å². The molecular weight excluding hydrogens is 593 g/mol. The molecule has 1 saturated carbocycles. The molecule has 1 aromatic heterocycles. The van der Waals surface area contributed by atoms with Crippen molar-refractivity contribution < 1.29 is 37.4 Å². The van der Waals surface area contributed by atoms with E-state index in [1.165, 1.54) is 24.3 Å². The van der Waals surface area contributed by atoms with Gasteiger partial charge in [0.1, 0.15) is 23.9 Å². The van der Waals surface area contributed by atoms with E-state index in [9.17, 15) is 18.0 Å². The van der Waals surface area contributed by atoms with Crippen LogP contribution >= 0.6 is 0 Å². The Balaban J connectivity index is 1.03. The fourth-order valence-corrected chi connectivity index (χ4v) is 6.05. The van der Waals surface area contributed by atoms with E-state index in [-0.39, 0.29) is 36.2 Å². The minimum absolute atomic E-state index is 0.0668. The van der Waals surface area contributed by atoms with Gasteiger partial charge in [0.05, 0.1) is 18.4 Å². The topological polar surface area (TPSA) is 135 Å². The Morgan fingerprint density at radius 3 is 2.47 bits per heavy atom. The van der Waals surface area contributed by atoms with Crippen molar-refractivity contribution in [2.75, 3.05) is 50.0 Å². The largest absolute Gasteiger partial charge is 0.573 e. The molecule has 3 aliphatic rings. The third-order valence-corrected chi connectivity index (χ3v) is 8.55. The molecule has 2 heterocycles. The third kappa shape index (κ3) is 7.40. The van der Waals surface area contributed by atoms with Crippen molar-refractivity contribution in [2.45, 2.75) is 44.8 Å². The summed E-state index contributed by atoms with van der Waals surface area (Å²) in [6, 6.07) is 11.4. The highest BCUT2D eigenvalue weighted by Crippen LogP contribution is 2.39. The fraction of sp³-hybridized carbons (Fsp3) is 0.452. The summed E-state index contributed by atoms with van der Waals surface area (Å²) in [5.41, 5.74) is 12.6. The molecule has 1 saturated heterocycles. The summed E-state index contributed by atoms with van der Waals surface area (Å²) in [4.78, 5) is 25.3. The molecule has 2 fully saturated rings. The zero-order valence-corrected chi connectivity index (χ0v) is 24.6. The van der Waals surface area contributed by atoms with Gasteiger partial charge in [0.2, 0.25) is 11.9 Å². The maximum Gasteiger partial charge on any atom is 0.573 e. The van der Waals surface area contributed by atoms with E-state index in [2.05, 4.69) is 24.5 Å². The van der Waals surface area contributed by atoms with Crippen molar-refractivity contribution in [3.05, 3.63) is 59.2 Å². The van der Waals surface area contributed by atoms with Crippen LogP contribution in [0.4, 0.5) is 24.9 Å². The van der Waals surface area contributed by atoms with E-state index in [4.69, 9.17) is 20.4 Å². The fourth-order valence-electron chi connectivity index (χ4n) is 6.05. The van der Waals surface area contributed by atoms with Gasteiger partial charge < -0.3 is 24.8 Å². The molecule has 45 heavy (non-hydrogen) atoms. The lowest BCUT2D eigenvalue weighted by Crippen LogP contribution is -2.48. The molecule has 0 spiro atoms. The highest BCUT2D eigenvalue weighted by Gasteiger charge is 2.35. The number of aryl methyl sites for hydroxylation is 1. The van der Waals surface area contributed by atoms with Gasteiger partial charge in [-0.3, -0.25) is 14.9 Å². The molecule has 1 amide bonds. The zero-order chi connectivity index (χ0) is 31.6. The first-order chi connectivity index (χ1) is 21.6. The number of rotatable bonds is 10. The van der Waals surface area contributed by atoms with Gasteiger partial charge in [0.15, 0.2) is 0 Å². The Labute approximate surface area is 258 Å². The van der Waals surface area contributed by atoms with Crippen LogP contribution in [0.5, 0.6) is 11.5 Å². The van der Waals surface area contributed by atoms with Crippen LogP contribution in [0.25, 0.3) is 11.3 Å². The quantitative estimate of drug-likeness (QED) is 0.225. The predicted octanol–water partition coefficient (Wildman–Crippen LogP) is 3.72. The van der Waals surface area contributed by atoms with Gasteiger partial charge in [-0.1, -0.05) is 12.1 Å². The van der Waals surface area contributed by atoms with E-state index in [0.717, 1.165) is 73.8 Å². The number of hydrogen-bond donors (Lipinski definition) is 3. The van der Waals surface area contributed by atoms with E-state index >= 15 is 0 Å². The maximum absolute atomic E-state index is 12.4. The van der Waals surface area contributed by atoms with Crippen LogP contribution in [-0.2, 0) is 29.0 Å². The van der Waals surface area contributed by atoms with Crippen LogP contribution in [-0.4, -0.2) is 77.8 Å². The SMILES string of the molecule is Nc1nc2c(c(N3CCN(CCOC4CC(C(=O)NO)C4)CC3)n1)CCc1cc(OCc3ccc(OC(F)(F)F)cc3)ccc1-2. The number of carbonyl (C=O) groups is 1. The van der Waals surface area contributed by atoms with Crippen LogP contribution in [0.3, 0.4) is 0 Å². The molecule has 14 heteroatoms. The molecule has 2 aromatic carbocycles. The summed E-state index contributed by atoms with van der Waals surface area (Å²) in [5, 5.41) is 8.72. The number of nitrogen functional groups attached to an aromatic ring is 1. The summed E-state index contributed by atoms with van der Waals surface area (Å²) in [6.45, 7) is 4.92. The molecule has 0 atom stereocenters. The third-order valence-electron chi connectivity index (χ3n) is 8.55. The number of halogens is 3. The molecule has 6 rings (SSSR count). The Morgan fingerprint density at radius 2 is 1.76 bits per heavy atom. The van der Waals surface area contributed by atoms with Gasteiger partial charge in [-0.15, -0.1) is 13.2 Å². The number of alkyl halides is 3. The highest BCUT2D eigenvalue weighted by molar-refractivity contribution is 5.78. The summed E-state index contributed by atoms with van der Waals surface area (Å²) in [6.07, 6.45) is -1.85. The minimum Gasteiger partial charge on any atom is -0.489 e. The second kappa shape index (κ2) is 13.1. The lowest BCUT2D eigenvalue weighted by Gasteiger charge is -2.38. The van der Waals surface area contributed by atoms with Gasteiger partial charge in [-0.05, 0) is 67.1 Å². The van der Waals surface area contributed by atoms with Gasteiger partial charge in [-0.2, -0.15) is 4.98 Å². The number of amides is 1. The molecule has 240 valence electrons. The lowest BCUT2D eigenvalue weighted by molar-refractivity contribution is -0.274. The van der Waals surface area contributed by atoms with Crippen LogP contribution in [0.1, 0.15) is 29.5 Å².